The van der Waals surface area contributed by atoms with E-state index in [0.717, 1.165) is 17.0 Å². The second-order valence-electron chi connectivity index (χ2n) is 7.27. The van der Waals surface area contributed by atoms with Crippen molar-refractivity contribution < 1.29 is 36.2 Å². The molecule has 182 valence electrons. The van der Waals surface area contributed by atoms with Gasteiger partial charge in [0.1, 0.15) is 18.1 Å². The highest BCUT2D eigenvalue weighted by Gasteiger charge is 2.38. The van der Waals surface area contributed by atoms with E-state index in [9.17, 15) is 21.6 Å². The number of pyridine rings is 1. The summed E-state index contributed by atoms with van der Waals surface area (Å²) in [5.74, 6) is -2.10. The monoisotopic (exact) mass is 498 g/mol. The number of nitrogens with zero attached hydrogens (tertiary/aromatic N) is 4. The predicted octanol–water partition coefficient (Wildman–Crippen LogP) is 3.00. The number of carboxylic acid groups (broad SMARTS) is 1. The van der Waals surface area contributed by atoms with E-state index in [-0.39, 0.29) is 13.2 Å². The third-order valence-electron chi connectivity index (χ3n) is 4.83. The van der Waals surface area contributed by atoms with Gasteiger partial charge in [-0.25, -0.2) is 18.2 Å². The standard InChI is InChI=1S/C19H20N4O3S.C2HF3O2/c1-15-4-2-6-17(10-15)27(24,25)23-9-8-22-14-21-18(19(22)12-23)13-26-16-5-3-7-20-11-16;3-2(4,5)1(6)7/h2-7,10-11,14H,8-9,12-13H2,1H3;(H,6,7). The molecule has 34 heavy (non-hydrogen) atoms. The third kappa shape index (κ3) is 6.11. The molecule has 0 atom stereocenters. The Hall–Kier alpha value is -3.45. The molecule has 1 aliphatic heterocycles. The number of carbonyl (C=O) groups is 1. The molecule has 3 heterocycles. The Balaban J connectivity index is 0.000000406. The normalized spacial score (nSPS) is 14.0. The van der Waals surface area contributed by atoms with Crippen molar-refractivity contribution in [1.82, 2.24) is 18.8 Å². The molecule has 0 bridgehead atoms. The second-order valence-corrected chi connectivity index (χ2v) is 9.20. The zero-order chi connectivity index (χ0) is 24.9. The summed E-state index contributed by atoms with van der Waals surface area (Å²) in [7, 11) is -3.55. The Bertz CT molecular complexity index is 1250. The molecule has 2 aromatic heterocycles. The van der Waals surface area contributed by atoms with Crippen molar-refractivity contribution >= 4 is 16.0 Å². The number of imidazole rings is 1. The van der Waals surface area contributed by atoms with Crippen LogP contribution >= 0.6 is 0 Å². The lowest BCUT2D eigenvalue weighted by molar-refractivity contribution is -0.192. The number of alkyl halides is 3. The zero-order valence-electron chi connectivity index (χ0n) is 17.9. The second kappa shape index (κ2) is 10.2. The number of aromatic nitrogens is 3. The van der Waals surface area contributed by atoms with Gasteiger partial charge in [0.15, 0.2) is 0 Å². The molecule has 0 saturated carbocycles. The molecule has 0 radical (unpaired) electrons. The minimum Gasteiger partial charge on any atom is -0.486 e. The quantitative estimate of drug-likeness (QED) is 0.575. The van der Waals surface area contributed by atoms with Crippen LogP contribution in [0.5, 0.6) is 5.75 Å². The average molecular weight is 498 g/mol. The van der Waals surface area contributed by atoms with Gasteiger partial charge in [-0.05, 0) is 36.8 Å². The Labute approximate surface area is 193 Å². The molecule has 0 spiro atoms. The van der Waals surface area contributed by atoms with E-state index in [0.29, 0.717) is 23.7 Å². The van der Waals surface area contributed by atoms with Crippen molar-refractivity contribution in [2.24, 2.45) is 0 Å². The summed E-state index contributed by atoms with van der Waals surface area (Å²) in [4.78, 5) is 17.6. The number of carboxylic acids is 1. The summed E-state index contributed by atoms with van der Waals surface area (Å²) in [5, 5.41) is 7.12. The van der Waals surface area contributed by atoms with Crippen molar-refractivity contribution in [3.63, 3.8) is 0 Å². The Morgan fingerprint density at radius 2 is 1.94 bits per heavy atom. The molecule has 9 nitrogen and oxygen atoms in total. The molecular formula is C21H21F3N4O5S. The van der Waals surface area contributed by atoms with Crippen molar-refractivity contribution in [3.05, 3.63) is 72.1 Å². The number of sulfonamides is 1. The van der Waals surface area contributed by atoms with Gasteiger partial charge in [-0.3, -0.25) is 4.98 Å². The number of ether oxygens (including phenoxy) is 1. The highest BCUT2D eigenvalue weighted by molar-refractivity contribution is 7.89. The Morgan fingerprint density at radius 1 is 1.21 bits per heavy atom. The van der Waals surface area contributed by atoms with E-state index >= 15 is 0 Å². The molecule has 1 aliphatic rings. The number of hydrogen-bond donors (Lipinski definition) is 1. The molecule has 0 unspecified atom stereocenters. The first-order valence-corrected chi connectivity index (χ1v) is 11.3. The Morgan fingerprint density at radius 3 is 2.56 bits per heavy atom. The van der Waals surface area contributed by atoms with Gasteiger partial charge in [-0.1, -0.05) is 12.1 Å². The number of rotatable bonds is 5. The first kappa shape index (κ1) is 25.2. The molecule has 0 aliphatic carbocycles. The SMILES string of the molecule is Cc1cccc(S(=O)(=O)N2CCn3cnc(COc4cccnc4)c3C2)c1.O=C(O)C(F)(F)F. The lowest BCUT2D eigenvalue weighted by Gasteiger charge is -2.28. The van der Waals surface area contributed by atoms with Crippen LogP contribution in [0.3, 0.4) is 0 Å². The number of aryl methyl sites for hydroxylation is 1. The van der Waals surface area contributed by atoms with Crippen LogP contribution in [-0.4, -0.2) is 51.1 Å². The van der Waals surface area contributed by atoms with Gasteiger partial charge >= 0.3 is 12.1 Å². The van der Waals surface area contributed by atoms with Gasteiger partial charge < -0.3 is 14.4 Å². The summed E-state index contributed by atoms with van der Waals surface area (Å²) in [6.07, 6.45) is -0.0235. The molecule has 13 heteroatoms. The van der Waals surface area contributed by atoms with Gasteiger partial charge in [-0.15, -0.1) is 0 Å². The number of hydrogen-bond acceptors (Lipinski definition) is 6. The highest BCUT2D eigenvalue weighted by atomic mass is 32.2. The van der Waals surface area contributed by atoms with Crippen LogP contribution in [0, 0.1) is 6.92 Å². The predicted molar refractivity (Wildman–Crippen MR) is 113 cm³/mol. The van der Waals surface area contributed by atoms with E-state index in [4.69, 9.17) is 14.6 Å². The summed E-state index contributed by atoms with van der Waals surface area (Å²) >= 11 is 0. The maximum atomic E-state index is 13.0. The van der Waals surface area contributed by atoms with Crippen LogP contribution in [0.15, 0.2) is 60.0 Å². The van der Waals surface area contributed by atoms with E-state index in [1.165, 1.54) is 4.31 Å². The number of benzene rings is 1. The minimum absolute atomic E-state index is 0.270. The largest absolute Gasteiger partial charge is 0.490 e. The molecule has 1 aromatic carbocycles. The minimum atomic E-state index is -5.08. The van der Waals surface area contributed by atoms with Crippen molar-refractivity contribution in [2.75, 3.05) is 6.54 Å². The van der Waals surface area contributed by atoms with Crippen LogP contribution in [0.4, 0.5) is 13.2 Å². The van der Waals surface area contributed by atoms with Crippen LogP contribution in [0.2, 0.25) is 0 Å². The zero-order valence-corrected chi connectivity index (χ0v) is 18.8. The van der Waals surface area contributed by atoms with Gasteiger partial charge in [0.2, 0.25) is 10.0 Å². The Kier molecular flexibility index (Phi) is 7.57. The van der Waals surface area contributed by atoms with Crippen LogP contribution in [-0.2, 0) is 34.5 Å². The lowest BCUT2D eigenvalue weighted by Crippen LogP contribution is -2.38. The first-order valence-electron chi connectivity index (χ1n) is 9.91. The van der Waals surface area contributed by atoms with E-state index in [1.54, 1.807) is 43.0 Å². The first-order chi connectivity index (χ1) is 16.0. The van der Waals surface area contributed by atoms with Gasteiger partial charge in [-0.2, -0.15) is 17.5 Å². The molecule has 3 aromatic rings. The van der Waals surface area contributed by atoms with Gasteiger partial charge in [0.25, 0.3) is 0 Å². The molecular weight excluding hydrogens is 477 g/mol. The topological polar surface area (TPSA) is 115 Å². The summed E-state index contributed by atoms with van der Waals surface area (Å²) in [5.41, 5.74) is 2.52. The number of fused-ring (bicyclic) bond motifs is 1. The van der Waals surface area contributed by atoms with E-state index < -0.39 is 22.2 Å². The van der Waals surface area contributed by atoms with Gasteiger partial charge in [0.05, 0.1) is 29.7 Å². The van der Waals surface area contributed by atoms with Crippen LogP contribution in [0.25, 0.3) is 0 Å². The fourth-order valence-electron chi connectivity index (χ4n) is 3.12. The third-order valence-corrected chi connectivity index (χ3v) is 6.67. The smallest absolute Gasteiger partial charge is 0.486 e. The fraction of sp³-hybridized carbons (Fsp3) is 0.286. The summed E-state index contributed by atoms with van der Waals surface area (Å²) in [6.45, 7) is 3.43. The highest BCUT2D eigenvalue weighted by Crippen LogP contribution is 2.24. The molecule has 0 amide bonds. The van der Waals surface area contributed by atoms with Crippen molar-refractivity contribution in [3.8, 4) is 5.75 Å². The number of halogens is 3. The maximum absolute atomic E-state index is 13.0. The van der Waals surface area contributed by atoms with E-state index in [1.807, 2.05) is 23.6 Å². The molecule has 0 saturated heterocycles. The van der Waals surface area contributed by atoms with Crippen molar-refractivity contribution in [1.29, 1.82) is 0 Å². The van der Waals surface area contributed by atoms with Gasteiger partial charge in [0, 0.05) is 19.3 Å². The van der Waals surface area contributed by atoms with Crippen molar-refractivity contribution in [2.45, 2.75) is 37.7 Å². The average Bonchev–Trinajstić information content (AvgIpc) is 3.20. The van der Waals surface area contributed by atoms with Crippen LogP contribution < -0.4 is 4.74 Å². The molecule has 1 N–H and O–H groups in total. The fourth-order valence-corrected chi connectivity index (χ4v) is 4.62. The molecule has 4 rings (SSSR count). The number of aliphatic carboxylic acids is 1. The summed E-state index contributed by atoms with van der Waals surface area (Å²) in [6, 6.07) is 10.6. The molecule has 0 fully saturated rings. The van der Waals surface area contributed by atoms with E-state index in [2.05, 4.69) is 9.97 Å². The van der Waals surface area contributed by atoms with Crippen LogP contribution in [0.1, 0.15) is 17.0 Å². The lowest BCUT2D eigenvalue weighted by atomic mass is 10.2. The maximum Gasteiger partial charge on any atom is 0.490 e. The summed E-state index contributed by atoms with van der Waals surface area (Å²) < 4.78 is 67.0.